The van der Waals surface area contributed by atoms with Crippen molar-refractivity contribution in [3.8, 4) is 17.2 Å². The van der Waals surface area contributed by atoms with Crippen molar-refractivity contribution in [1.82, 2.24) is 9.55 Å². The summed E-state index contributed by atoms with van der Waals surface area (Å²) in [5, 5.41) is 11.6. The third-order valence-electron chi connectivity index (χ3n) is 4.05. The summed E-state index contributed by atoms with van der Waals surface area (Å²) in [6, 6.07) is 7.70. The summed E-state index contributed by atoms with van der Waals surface area (Å²) < 4.78 is 14.5. The van der Waals surface area contributed by atoms with Gasteiger partial charge < -0.3 is 5.73 Å². The number of hydrogen-bond acceptors (Lipinski definition) is 7. The van der Waals surface area contributed by atoms with Crippen molar-refractivity contribution in [2.75, 3.05) is 5.75 Å². The molecule has 0 unspecified atom stereocenters. The number of nitrogens with zero attached hydrogens (tertiary/aromatic N) is 3. The fourth-order valence-corrected chi connectivity index (χ4v) is 4.43. The Morgan fingerprint density at radius 1 is 1.39 bits per heavy atom. The van der Waals surface area contributed by atoms with E-state index in [-0.39, 0.29) is 28.4 Å². The number of nitrogens with two attached hydrogens (primary N) is 1. The first-order valence-electron chi connectivity index (χ1n) is 8.10. The molecule has 9 heteroatoms. The lowest BCUT2D eigenvalue weighted by Gasteiger charge is -2.08. The first-order chi connectivity index (χ1) is 13.3. The number of Topliss-reactive ketones (excluding diaryl/α,β-unsaturated/α-hetero) is 1. The molecule has 0 saturated carbocycles. The Kier molecular flexibility index (Phi) is 5.63. The Morgan fingerprint density at radius 3 is 2.68 bits per heavy atom. The smallest absolute Gasteiger partial charge is 0.263 e. The van der Waals surface area contributed by atoms with Crippen LogP contribution in [0, 0.1) is 17.1 Å². The van der Waals surface area contributed by atoms with Gasteiger partial charge in [0.25, 0.3) is 5.56 Å². The molecule has 3 rings (SSSR count). The van der Waals surface area contributed by atoms with E-state index in [9.17, 15) is 14.0 Å². The Labute approximate surface area is 168 Å². The summed E-state index contributed by atoms with van der Waals surface area (Å²) in [4.78, 5) is 30.1. The van der Waals surface area contributed by atoms with Crippen LogP contribution < -0.4 is 11.3 Å². The second-order valence-corrected chi connectivity index (χ2v) is 7.78. The Hall–Kier alpha value is -2.96. The van der Waals surface area contributed by atoms with Gasteiger partial charge in [0.1, 0.15) is 22.3 Å². The van der Waals surface area contributed by atoms with Crippen LogP contribution in [0.1, 0.15) is 6.92 Å². The van der Waals surface area contributed by atoms with Crippen LogP contribution in [0.3, 0.4) is 0 Å². The molecular formula is C19H15FN4O2S2. The van der Waals surface area contributed by atoms with Gasteiger partial charge in [-0.2, -0.15) is 5.26 Å². The van der Waals surface area contributed by atoms with E-state index >= 15 is 0 Å². The summed E-state index contributed by atoms with van der Waals surface area (Å²) in [6.45, 7) is 1.49. The lowest BCUT2D eigenvalue weighted by atomic mass is 10.1. The number of allylic oxidation sites excluding steroid dienone is 2. The standard InChI is InChI=1S/C19H15FN4O2S2/c1-10(22)13(7-21)15(25)9-28-19-23-17-16(18(26)24(19)2)14(8-27-17)11-3-5-12(20)6-4-11/h3-6,8H,9,22H2,1-2H3. The summed E-state index contributed by atoms with van der Waals surface area (Å²) in [7, 11) is 1.57. The molecule has 142 valence electrons. The third kappa shape index (κ3) is 3.69. The molecule has 2 N–H and O–H groups in total. The molecule has 6 nitrogen and oxygen atoms in total. The number of hydrogen-bond donors (Lipinski definition) is 1. The minimum absolute atomic E-state index is 0.0561. The maximum atomic E-state index is 13.2. The topological polar surface area (TPSA) is 102 Å². The normalized spacial score (nSPS) is 11.9. The number of ketones is 1. The number of rotatable bonds is 5. The lowest BCUT2D eigenvalue weighted by molar-refractivity contribution is -0.112. The van der Waals surface area contributed by atoms with E-state index in [1.165, 1.54) is 35.0 Å². The van der Waals surface area contributed by atoms with E-state index in [4.69, 9.17) is 11.0 Å². The van der Waals surface area contributed by atoms with Crippen LogP contribution >= 0.6 is 23.1 Å². The van der Waals surface area contributed by atoms with Gasteiger partial charge in [-0.3, -0.25) is 14.2 Å². The highest BCUT2D eigenvalue weighted by atomic mass is 32.2. The molecule has 0 aliphatic rings. The van der Waals surface area contributed by atoms with Gasteiger partial charge in [-0.1, -0.05) is 23.9 Å². The summed E-state index contributed by atoms with van der Waals surface area (Å²) in [5.74, 6) is -0.824. The van der Waals surface area contributed by atoms with Crippen molar-refractivity contribution < 1.29 is 9.18 Å². The quantitative estimate of drug-likeness (QED) is 0.298. The van der Waals surface area contributed by atoms with E-state index in [1.54, 1.807) is 30.6 Å². The molecule has 2 heterocycles. The van der Waals surface area contributed by atoms with Gasteiger partial charge in [-0.15, -0.1) is 11.3 Å². The zero-order valence-corrected chi connectivity index (χ0v) is 16.7. The molecule has 0 aliphatic heterocycles. The molecule has 0 aliphatic carbocycles. The molecule has 3 aromatic rings. The zero-order valence-electron chi connectivity index (χ0n) is 15.0. The van der Waals surface area contributed by atoms with Crippen molar-refractivity contribution in [1.29, 1.82) is 5.26 Å². The highest BCUT2D eigenvalue weighted by molar-refractivity contribution is 7.99. The summed E-state index contributed by atoms with van der Waals surface area (Å²) in [5.41, 5.74) is 6.78. The van der Waals surface area contributed by atoms with Crippen LogP contribution in [0.25, 0.3) is 21.3 Å². The van der Waals surface area contributed by atoms with Gasteiger partial charge in [-0.05, 0) is 24.6 Å². The van der Waals surface area contributed by atoms with Crippen molar-refractivity contribution in [3.63, 3.8) is 0 Å². The Balaban J connectivity index is 1.97. The van der Waals surface area contributed by atoms with Crippen molar-refractivity contribution in [3.05, 3.63) is 57.1 Å². The number of nitriles is 1. The highest BCUT2D eigenvalue weighted by Crippen LogP contribution is 2.32. The zero-order chi connectivity index (χ0) is 20.4. The average molecular weight is 414 g/mol. The molecule has 0 radical (unpaired) electrons. The van der Waals surface area contributed by atoms with E-state index in [0.717, 1.165) is 17.3 Å². The van der Waals surface area contributed by atoms with E-state index in [1.807, 2.05) is 0 Å². The van der Waals surface area contributed by atoms with E-state index in [2.05, 4.69) is 4.98 Å². The lowest BCUT2D eigenvalue weighted by Crippen LogP contribution is -2.20. The van der Waals surface area contributed by atoms with Gasteiger partial charge in [-0.25, -0.2) is 9.37 Å². The maximum absolute atomic E-state index is 13.2. The molecule has 0 saturated heterocycles. The number of carbonyl (C=O) groups excluding carboxylic acids is 1. The number of aromatic nitrogens is 2. The Morgan fingerprint density at radius 2 is 2.07 bits per heavy atom. The van der Waals surface area contributed by atoms with Crippen molar-refractivity contribution in [2.24, 2.45) is 12.8 Å². The Bertz CT molecular complexity index is 1200. The van der Waals surface area contributed by atoms with Gasteiger partial charge in [0, 0.05) is 23.7 Å². The molecular weight excluding hydrogens is 399 g/mol. The first kappa shape index (κ1) is 19.8. The van der Waals surface area contributed by atoms with E-state index in [0.29, 0.717) is 20.9 Å². The molecule has 2 aromatic heterocycles. The fourth-order valence-electron chi connectivity index (χ4n) is 2.60. The number of thiophene rings is 1. The van der Waals surface area contributed by atoms with Crippen LogP contribution in [0.5, 0.6) is 0 Å². The van der Waals surface area contributed by atoms with Gasteiger partial charge in [0.05, 0.1) is 11.1 Å². The number of halogens is 1. The van der Waals surface area contributed by atoms with Gasteiger partial charge >= 0.3 is 0 Å². The number of fused-ring (bicyclic) bond motifs is 1. The third-order valence-corrected chi connectivity index (χ3v) is 5.95. The minimum Gasteiger partial charge on any atom is -0.401 e. The number of thioether (sulfide) groups is 1. The van der Waals surface area contributed by atoms with Crippen LogP contribution in [-0.2, 0) is 11.8 Å². The fraction of sp³-hybridized carbons (Fsp3) is 0.158. The van der Waals surface area contributed by atoms with Gasteiger partial charge in [0.15, 0.2) is 10.9 Å². The van der Waals surface area contributed by atoms with Crippen LogP contribution in [0.2, 0.25) is 0 Å². The number of benzene rings is 1. The monoisotopic (exact) mass is 414 g/mol. The van der Waals surface area contributed by atoms with Crippen molar-refractivity contribution >= 4 is 39.1 Å². The highest BCUT2D eigenvalue weighted by Gasteiger charge is 2.18. The first-order valence-corrected chi connectivity index (χ1v) is 9.96. The predicted molar refractivity (Wildman–Crippen MR) is 108 cm³/mol. The largest absolute Gasteiger partial charge is 0.401 e. The SMILES string of the molecule is CC(N)=C(C#N)C(=O)CSc1nc2scc(-c3ccc(F)cc3)c2c(=O)n1C. The van der Waals surface area contributed by atoms with Crippen LogP contribution in [-0.4, -0.2) is 21.1 Å². The molecule has 0 amide bonds. The minimum atomic E-state index is -0.417. The molecule has 0 atom stereocenters. The summed E-state index contributed by atoms with van der Waals surface area (Å²) in [6.07, 6.45) is 0. The van der Waals surface area contributed by atoms with Crippen molar-refractivity contribution in [2.45, 2.75) is 12.1 Å². The maximum Gasteiger partial charge on any atom is 0.263 e. The summed E-state index contributed by atoms with van der Waals surface area (Å²) >= 11 is 2.37. The molecule has 0 bridgehead atoms. The molecule has 1 aromatic carbocycles. The molecule has 28 heavy (non-hydrogen) atoms. The molecule has 0 spiro atoms. The van der Waals surface area contributed by atoms with Crippen LogP contribution in [0.15, 0.2) is 50.9 Å². The van der Waals surface area contributed by atoms with Crippen LogP contribution in [0.4, 0.5) is 4.39 Å². The predicted octanol–water partition coefficient (Wildman–Crippen LogP) is 3.22. The van der Waals surface area contributed by atoms with Gasteiger partial charge in [0.2, 0.25) is 0 Å². The second-order valence-electron chi connectivity index (χ2n) is 5.98. The second kappa shape index (κ2) is 7.96. The van der Waals surface area contributed by atoms with E-state index < -0.39 is 5.78 Å². The average Bonchev–Trinajstić information content (AvgIpc) is 3.08. The molecule has 0 fully saturated rings. The number of carbonyl (C=O) groups is 1.